The third-order valence-electron chi connectivity index (χ3n) is 2.96. The minimum atomic E-state index is -0.130. The molecular formula is C17H20N2O3. The maximum atomic E-state index is 11.7. The van der Waals surface area contributed by atoms with Crippen LogP contribution in [0.3, 0.4) is 0 Å². The number of ether oxygens (including phenoxy) is 1. The van der Waals surface area contributed by atoms with Crippen molar-refractivity contribution in [3.05, 3.63) is 54.0 Å². The van der Waals surface area contributed by atoms with E-state index < -0.39 is 0 Å². The Labute approximate surface area is 130 Å². The highest BCUT2D eigenvalue weighted by Crippen LogP contribution is 2.13. The molecule has 0 aliphatic heterocycles. The maximum absolute atomic E-state index is 11.7. The summed E-state index contributed by atoms with van der Waals surface area (Å²) in [4.78, 5) is 11.7. The summed E-state index contributed by atoms with van der Waals surface area (Å²) < 4.78 is 10.6. The normalized spacial score (nSPS) is 10.8. The van der Waals surface area contributed by atoms with Crippen molar-refractivity contribution < 1.29 is 13.9 Å². The van der Waals surface area contributed by atoms with Gasteiger partial charge in [0.15, 0.2) is 0 Å². The molecule has 0 fully saturated rings. The molecule has 2 rings (SSSR count). The van der Waals surface area contributed by atoms with E-state index in [0.717, 1.165) is 24.3 Å². The van der Waals surface area contributed by atoms with Gasteiger partial charge in [-0.1, -0.05) is 19.1 Å². The number of aryl methyl sites for hydroxylation is 1. The van der Waals surface area contributed by atoms with Gasteiger partial charge in [-0.15, -0.1) is 0 Å². The van der Waals surface area contributed by atoms with Crippen LogP contribution < -0.4 is 10.2 Å². The number of carbonyl (C=O) groups is 1. The fraction of sp³-hybridized carbons (Fsp3) is 0.294. The zero-order chi connectivity index (χ0) is 15.6. The van der Waals surface area contributed by atoms with Crippen LogP contribution in [0.5, 0.6) is 5.75 Å². The first-order valence-electron chi connectivity index (χ1n) is 7.35. The second kappa shape index (κ2) is 8.67. The molecular weight excluding hydrogens is 280 g/mol. The predicted molar refractivity (Wildman–Crippen MR) is 85.0 cm³/mol. The molecule has 1 amide bonds. The fourth-order valence-electron chi connectivity index (χ4n) is 1.82. The summed E-state index contributed by atoms with van der Waals surface area (Å²) in [5.74, 6) is 1.33. The molecule has 0 bridgehead atoms. The molecule has 1 heterocycles. The minimum Gasteiger partial charge on any atom is -0.494 e. The molecule has 22 heavy (non-hydrogen) atoms. The average Bonchev–Trinajstić information content (AvgIpc) is 3.05. The number of carbonyl (C=O) groups excluding carboxylic acids is 1. The summed E-state index contributed by atoms with van der Waals surface area (Å²) in [5.41, 5.74) is 3.57. The Bertz CT molecular complexity index is 589. The van der Waals surface area contributed by atoms with Gasteiger partial charge in [0.25, 0.3) is 0 Å². The highest BCUT2D eigenvalue weighted by Gasteiger charge is 2.02. The maximum Gasteiger partial charge on any atom is 0.240 e. The third-order valence-corrected chi connectivity index (χ3v) is 2.96. The first kappa shape index (κ1) is 15.8. The molecule has 0 saturated carbocycles. The summed E-state index contributed by atoms with van der Waals surface area (Å²) in [5, 5.41) is 3.84. The first-order valence-corrected chi connectivity index (χ1v) is 7.35. The monoisotopic (exact) mass is 300 g/mol. The molecule has 0 aliphatic carbocycles. The summed E-state index contributed by atoms with van der Waals surface area (Å²) in [6, 6.07) is 11.3. The van der Waals surface area contributed by atoms with Crippen molar-refractivity contribution >= 4 is 12.1 Å². The lowest BCUT2D eigenvalue weighted by molar-refractivity contribution is -0.121. The van der Waals surface area contributed by atoms with Crippen molar-refractivity contribution in [2.24, 2.45) is 5.10 Å². The van der Waals surface area contributed by atoms with Gasteiger partial charge < -0.3 is 9.15 Å². The Hall–Kier alpha value is -2.56. The second-order valence-electron chi connectivity index (χ2n) is 4.80. The van der Waals surface area contributed by atoms with Gasteiger partial charge in [-0.05, 0) is 42.7 Å². The number of rotatable bonds is 8. The van der Waals surface area contributed by atoms with Gasteiger partial charge in [0, 0.05) is 6.42 Å². The van der Waals surface area contributed by atoms with Crippen molar-refractivity contribution in [3.63, 3.8) is 0 Å². The van der Waals surface area contributed by atoms with E-state index in [1.54, 1.807) is 18.4 Å². The Morgan fingerprint density at radius 2 is 2.14 bits per heavy atom. The van der Waals surface area contributed by atoms with Crippen molar-refractivity contribution in [3.8, 4) is 5.75 Å². The van der Waals surface area contributed by atoms with Crippen LogP contribution in [-0.2, 0) is 11.2 Å². The van der Waals surface area contributed by atoms with Crippen LogP contribution >= 0.6 is 0 Å². The van der Waals surface area contributed by atoms with Crippen molar-refractivity contribution in [2.75, 3.05) is 6.61 Å². The van der Waals surface area contributed by atoms with Gasteiger partial charge in [0.05, 0.1) is 19.1 Å². The summed E-state index contributed by atoms with van der Waals surface area (Å²) in [6.07, 6.45) is 5.05. The Morgan fingerprint density at radius 3 is 2.82 bits per heavy atom. The van der Waals surface area contributed by atoms with Crippen LogP contribution in [0.15, 0.2) is 52.2 Å². The molecule has 1 aromatic heterocycles. The van der Waals surface area contributed by atoms with E-state index in [4.69, 9.17) is 9.15 Å². The summed E-state index contributed by atoms with van der Waals surface area (Å²) in [7, 11) is 0. The molecule has 0 saturated heterocycles. The molecule has 0 unspecified atom stereocenters. The SMILES string of the molecule is CCCOc1ccc(CCC(=O)N/N=C\c2ccco2)cc1. The number of amides is 1. The van der Waals surface area contributed by atoms with E-state index in [9.17, 15) is 4.79 Å². The van der Waals surface area contributed by atoms with Crippen LogP contribution in [0.1, 0.15) is 31.1 Å². The number of nitrogens with zero attached hydrogens (tertiary/aromatic N) is 1. The standard InChI is InChI=1S/C17H20N2O3/c1-2-11-21-15-8-5-14(6-9-15)7-10-17(20)19-18-13-16-4-3-12-22-16/h3-6,8-9,12-13H,2,7,10-11H2,1H3,(H,19,20)/b18-13-. The molecule has 1 aromatic carbocycles. The zero-order valence-corrected chi connectivity index (χ0v) is 12.6. The minimum absolute atomic E-state index is 0.130. The van der Waals surface area contributed by atoms with E-state index in [1.807, 2.05) is 24.3 Å². The van der Waals surface area contributed by atoms with Crippen LogP contribution in [-0.4, -0.2) is 18.7 Å². The molecule has 1 N–H and O–H groups in total. The van der Waals surface area contributed by atoms with Gasteiger partial charge in [-0.25, -0.2) is 5.43 Å². The molecule has 0 atom stereocenters. The summed E-state index contributed by atoms with van der Waals surface area (Å²) >= 11 is 0. The number of hydrogen-bond donors (Lipinski definition) is 1. The number of hydrazone groups is 1. The van der Waals surface area contributed by atoms with Crippen LogP contribution in [0.2, 0.25) is 0 Å². The van der Waals surface area contributed by atoms with Crippen molar-refractivity contribution in [1.82, 2.24) is 5.43 Å². The van der Waals surface area contributed by atoms with E-state index >= 15 is 0 Å². The molecule has 5 heteroatoms. The van der Waals surface area contributed by atoms with Crippen LogP contribution in [0.25, 0.3) is 0 Å². The lowest BCUT2D eigenvalue weighted by Crippen LogP contribution is -2.17. The Balaban J connectivity index is 1.71. The molecule has 0 radical (unpaired) electrons. The average molecular weight is 300 g/mol. The van der Waals surface area contributed by atoms with Crippen LogP contribution in [0, 0.1) is 0 Å². The number of nitrogens with one attached hydrogen (secondary N) is 1. The summed E-state index contributed by atoms with van der Waals surface area (Å²) in [6.45, 7) is 2.79. The van der Waals surface area contributed by atoms with Gasteiger partial charge >= 0.3 is 0 Å². The van der Waals surface area contributed by atoms with E-state index in [0.29, 0.717) is 18.6 Å². The van der Waals surface area contributed by atoms with E-state index in [2.05, 4.69) is 17.5 Å². The number of furan rings is 1. The van der Waals surface area contributed by atoms with Crippen molar-refractivity contribution in [1.29, 1.82) is 0 Å². The fourth-order valence-corrected chi connectivity index (χ4v) is 1.82. The van der Waals surface area contributed by atoms with Crippen molar-refractivity contribution in [2.45, 2.75) is 26.2 Å². The van der Waals surface area contributed by atoms with Gasteiger partial charge in [-0.3, -0.25) is 4.79 Å². The highest BCUT2D eigenvalue weighted by atomic mass is 16.5. The number of benzene rings is 1. The zero-order valence-electron chi connectivity index (χ0n) is 12.6. The lowest BCUT2D eigenvalue weighted by atomic mass is 10.1. The second-order valence-corrected chi connectivity index (χ2v) is 4.80. The molecule has 5 nitrogen and oxygen atoms in total. The topological polar surface area (TPSA) is 63.8 Å². The lowest BCUT2D eigenvalue weighted by Gasteiger charge is -2.05. The Kier molecular flexibility index (Phi) is 6.23. The first-order chi connectivity index (χ1) is 10.8. The van der Waals surface area contributed by atoms with E-state index in [-0.39, 0.29) is 5.91 Å². The molecule has 0 aliphatic rings. The Morgan fingerprint density at radius 1 is 1.32 bits per heavy atom. The van der Waals surface area contributed by atoms with Gasteiger partial charge in [0.1, 0.15) is 11.5 Å². The number of hydrogen-bond acceptors (Lipinski definition) is 4. The third kappa shape index (κ3) is 5.44. The molecule has 2 aromatic rings. The van der Waals surface area contributed by atoms with Gasteiger partial charge in [-0.2, -0.15) is 5.10 Å². The highest BCUT2D eigenvalue weighted by molar-refractivity contribution is 5.80. The molecule has 116 valence electrons. The molecule has 0 spiro atoms. The smallest absolute Gasteiger partial charge is 0.240 e. The van der Waals surface area contributed by atoms with Crippen LogP contribution in [0.4, 0.5) is 0 Å². The van der Waals surface area contributed by atoms with Gasteiger partial charge in [0.2, 0.25) is 5.91 Å². The quantitative estimate of drug-likeness (QED) is 0.601. The van der Waals surface area contributed by atoms with E-state index in [1.165, 1.54) is 6.21 Å². The predicted octanol–water partition coefficient (Wildman–Crippen LogP) is 3.15. The largest absolute Gasteiger partial charge is 0.494 e.